The van der Waals surface area contributed by atoms with Crippen LogP contribution in [0.3, 0.4) is 0 Å². The summed E-state index contributed by atoms with van der Waals surface area (Å²) in [6, 6.07) is 4.52. The molecule has 0 atom stereocenters. The molecule has 0 bridgehead atoms. The standard InChI is InChI=1S/C11H13FN2O/c1-8(15)14-7-3-4-9-10(12)5-2-6-11(9)13/h2-6H,7,13H2,1H3,(H,14,15). The second kappa shape index (κ2) is 5.14. The minimum Gasteiger partial charge on any atom is -0.398 e. The lowest BCUT2D eigenvalue weighted by Gasteiger charge is -2.01. The Labute approximate surface area is 87.8 Å². The molecular weight excluding hydrogens is 195 g/mol. The van der Waals surface area contributed by atoms with E-state index in [0.717, 1.165) is 0 Å². The molecule has 0 aliphatic heterocycles. The average Bonchev–Trinajstić information content (AvgIpc) is 2.15. The summed E-state index contributed by atoms with van der Waals surface area (Å²) in [5.74, 6) is -0.491. The van der Waals surface area contributed by atoms with Crippen molar-refractivity contribution in [1.82, 2.24) is 5.32 Å². The molecule has 15 heavy (non-hydrogen) atoms. The molecule has 0 radical (unpaired) electrons. The first-order valence-corrected chi connectivity index (χ1v) is 4.56. The summed E-state index contributed by atoms with van der Waals surface area (Å²) in [6.07, 6.45) is 3.21. The van der Waals surface area contributed by atoms with Crippen molar-refractivity contribution in [2.24, 2.45) is 0 Å². The number of nitrogen functional groups attached to an aromatic ring is 1. The van der Waals surface area contributed by atoms with Gasteiger partial charge in [0.1, 0.15) is 5.82 Å². The summed E-state index contributed by atoms with van der Waals surface area (Å²) < 4.78 is 13.2. The van der Waals surface area contributed by atoms with Gasteiger partial charge in [-0.05, 0) is 12.1 Å². The summed E-state index contributed by atoms with van der Waals surface area (Å²) in [5.41, 5.74) is 6.32. The molecule has 1 aromatic rings. The number of nitrogens with one attached hydrogen (secondary N) is 1. The van der Waals surface area contributed by atoms with E-state index in [4.69, 9.17) is 5.73 Å². The van der Waals surface area contributed by atoms with Crippen LogP contribution in [0.5, 0.6) is 0 Å². The maximum absolute atomic E-state index is 13.2. The normalized spacial score (nSPS) is 10.5. The lowest BCUT2D eigenvalue weighted by atomic mass is 10.1. The Morgan fingerprint density at radius 1 is 1.60 bits per heavy atom. The number of nitrogens with two attached hydrogens (primary N) is 1. The maximum atomic E-state index is 13.2. The molecule has 0 fully saturated rings. The molecule has 1 rings (SSSR count). The van der Waals surface area contributed by atoms with Gasteiger partial charge < -0.3 is 11.1 Å². The Balaban J connectivity index is 2.67. The predicted octanol–water partition coefficient (Wildman–Crippen LogP) is 1.56. The number of rotatable bonds is 3. The van der Waals surface area contributed by atoms with Crippen LogP contribution in [-0.4, -0.2) is 12.5 Å². The molecule has 1 amide bonds. The average molecular weight is 208 g/mol. The van der Waals surface area contributed by atoms with E-state index in [2.05, 4.69) is 5.32 Å². The Morgan fingerprint density at radius 3 is 2.93 bits per heavy atom. The number of benzene rings is 1. The summed E-state index contributed by atoms with van der Waals surface area (Å²) in [5, 5.41) is 2.57. The molecule has 0 saturated carbocycles. The van der Waals surface area contributed by atoms with Crippen LogP contribution in [0.2, 0.25) is 0 Å². The van der Waals surface area contributed by atoms with E-state index in [1.165, 1.54) is 13.0 Å². The van der Waals surface area contributed by atoms with Crippen molar-refractivity contribution in [3.05, 3.63) is 35.7 Å². The molecule has 4 heteroatoms. The van der Waals surface area contributed by atoms with Gasteiger partial charge in [0.25, 0.3) is 0 Å². The first-order valence-electron chi connectivity index (χ1n) is 4.56. The zero-order valence-electron chi connectivity index (χ0n) is 8.46. The van der Waals surface area contributed by atoms with Crippen LogP contribution in [0.1, 0.15) is 12.5 Å². The maximum Gasteiger partial charge on any atom is 0.217 e. The fraction of sp³-hybridized carbons (Fsp3) is 0.182. The highest BCUT2D eigenvalue weighted by Crippen LogP contribution is 2.16. The summed E-state index contributed by atoms with van der Waals surface area (Å²) >= 11 is 0. The quantitative estimate of drug-likeness (QED) is 0.740. The highest BCUT2D eigenvalue weighted by atomic mass is 19.1. The number of anilines is 1. The minimum atomic E-state index is -0.367. The minimum absolute atomic E-state index is 0.124. The lowest BCUT2D eigenvalue weighted by molar-refractivity contribution is -0.118. The van der Waals surface area contributed by atoms with Crippen LogP contribution in [0.15, 0.2) is 24.3 Å². The zero-order valence-corrected chi connectivity index (χ0v) is 8.46. The van der Waals surface area contributed by atoms with Crippen molar-refractivity contribution in [2.45, 2.75) is 6.92 Å². The van der Waals surface area contributed by atoms with Crippen LogP contribution in [-0.2, 0) is 4.79 Å². The van der Waals surface area contributed by atoms with Crippen molar-refractivity contribution in [2.75, 3.05) is 12.3 Å². The number of hydrogen-bond acceptors (Lipinski definition) is 2. The third-order valence-electron chi connectivity index (χ3n) is 1.84. The van der Waals surface area contributed by atoms with Gasteiger partial charge in [-0.3, -0.25) is 4.79 Å². The number of carbonyl (C=O) groups is 1. The molecule has 0 heterocycles. The van der Waals surface area contributed by atoms with Gasteiger partial charge in [-0.2, -0.15) is 0 Å². The third kappa shape index (κ3) is 3.42. The first kappa shape index (κ1) is 11.2. The fourth-order valence-electron chi connectivity index (χ4n) is 1.11. The Morgan fingerprint density at radius 2 is 2.33 bits per heavy atom. The second-order valence-electron chi connectivity index (χ2n) is 3.08. The highest BCUT2D eigenvalue weighted by molar-refractivity contribution is 5.73. The van der Waals surface area contributed by atoms with Crippen molar-refractivity contribution < 1.29 is 9.18 Å². The first-order chi connectivity index (χ1) is 7.11. The molecular formula is C11H13FN2O. The van der Waals surface area contributed by atoms with E-state index in [0.29, 0.717) is 17.8 Å². The van der Waals surface area contributed by atoms with Crippen molar-refractivity contribution in [3.8, 4) is 0 Å². The number of halogens is 1. The van der Waals surface area contributed by atoms with Gasteiger partial charge in [0.15, 0.2) is 0 Å². The largest absolute Gasteiger partial charge is 0.398 e. The third-order valence-corrected chi connectivity index (χ3v) is 1.84. The van der Waals surface area contributed by atoms with E-state index >= 15 is 0 Å². The van der Waals surface area contributed by atoms with Crippen LogP contribution in [0.25, 0.3) is 6.08 Å². The molecule has 3 nitrogen and oxygen atoms in total. The van der Waals surface area contributed by atoms with Crippen LogP contribution < -0.4 is 11.1 Å². The Bertz CT molecular complexity index is 368. The lowest BCUT2D eigenvalue weighted by Crippen LogP contribution is -2.19. The van der Waals surface area contributed by atoms with Crippen molar-refractivity contribution in [3.63, 3.8) is 0 Å². The monoisotopic (exact) mass is 208 g/mol. The van der Waals surface area contributed by atoms with E-state index < -0.39 is 0 Å². The molecule has 0 aromatic heterocycles. The highest BCUT2D eigenvalue weighted by Gasteiger charge is 2.00. The second-order valence-corrected chi connectivity index (χ2v) is 3.08. The number of amides is 1. The van der Waals surface area contributed by atoms with Gasteiger partial charge in [0.05, 0.1) is 0 Å². The van der Waals surface area contributed by atoms with Crippen molar-refractivity contribution in [1.29, 1.82) is 0 Å². The SMILES string of the molecule is CC(=O)NCC=Cc1c(N)cccc1F. The number of hydrogen-bond donors (Lipinski definition) is 2. The molecule has 0 spiro atoms. The van der Waals surface area contributed by atoms with Crippen molar-refractivity contribution >= 4 is 17.7 Å². The van der Waals surface area contributed by atoms with Gasteiger partial charge in [0, 0.05) is 24.7 Å². The molecule has 1 aromatic carbocycles. The summed E-state index contributed by atoms with van der Waals surface area (Å²) in [6.45, 7) is 1.79. The van der Waals surface area contributed by atoms with Gasteiger partial charge >= 0.3 is 0 Å². The molecule has 0 saturated heterocycles. The van der Waals surface area contributed by atoms with Gasteiger partial charge in [-0.15, -0.1) is 0 Å². The van der Waals surface area contributed by atoms with Gasteiger partial charge in [-0.1, -0.05) is 18.2 Å². The Hall–Kier alpha value is -1.84. The van der Waals surface area contributed by atoms with E-state index in [9.17, 15) is 9.18 Å². The number of carbonyl (C=O) groups excluding carboxylic acids is 1. The molecule has 3 N–H and O–H groups in total. The van der Waals surface area contributed by atoms with Gasteiger partial charge in [0.2, 0.25) is 5.91 Å². The van der Waals surface area contributed by atoms with Crippen LogP contribution in [0, 0.1) is 5.82 Å². The van der Waals surface area contributed by atoms with E-state index in [-0.39, 0.29) is 11.7 Å². The molecule has 0 unspecified atom stereocenters. The molecule has 0 aliphatic carbocycles. The predicted molar refractivity (Wildman–Crippen MR) is 58.5 cm³/mol. The molecule has 0 aliphatic rings. The molecule has 80 valence electrons. The van der Waals surface area contributed by atoms with Crippen LogP contribution >= 0.6 is 0 Å². The topological polar surface area (TPSA) is 55.1 Å². The fourth-order valence-corrected chi connectivity index (χ4v) is 1.11. The van der Waals surface area contributed by atoms with Crippen LogP contribution in [0.4, 0.5) is 10.1 Å². The van der Waals surface area contributed by atoms with E-state index in [1.54, 1.807) is 24.3 Å². The smallest absolute Gasteiger partial charge is 0.217 e. The zero-order chi connectivity index (χ0) is 11.3. The summed E-state index contributed by atoms with van der Waals surface area (Å²) in [4.78, 5) is 10.5. The Kier molecular flexibility index (Phi) is 3.85. The summed E-state index contributed by atoms with van der Waals surface area (Å²) in [7, 11) is 0. The van der Waals surface area contributed by atoms with Gasteiger partial charge in [-0.25, -0.2) is 4.39 Å². The van der Waals surface area contributed by atoms with E-state index in [1.807, 2.05) is 0 Å².